The van der Waals surface area contributed by atoms with Crippen molar-refractivity contribution in [3.63, 3.8) is 0 Å². The smallest absolute Gasteiger partial charge is 0.330 e. The summed E-state index contributed by atoms with van der Waals surface area (Å²) in [5.74, 6) is -0.0837. The molecular weight excluding hydrogens is 446 g/mol. The Hall–Kier alpha value is -0.828. The number of aliphatic hydroxyl groups excluding tert-OH is 1. The quantitative estimate of drug-likeness (QED) is 0.365. The maximum atomic E-state index is 11.7. The molecule has 0 spiro atoms. The second-order valence-corrected chi connectivity index (χ2v) is 5.16. The van der Waals surface area contributed by atoms with Crippen LogP contribution in [-0.4, -0.2) is 35.9 Å². The Labute approximate surface area is 139 Å². The number of hydrogen-bond acceptors (Lipinski definition) is 5. The molecule has 0 aromatic carbocycles. The van der Waals surface area contributed by atoms with Gasteiger partial charge >= 0.3 is 5.97 Å². The van der Waals surface area contributed by atoms with Crippen LogP contribution in [0.25, 0.3) is 0 Å². The van der Waals surface area contributed by atoms with E-state index in [1.807, 2.05) is 6.92 Å². The maximum Gasteiger partial charge on any atom is 0.330 e. The molecule has 0 heterocycles. The molecule has 1 saturated carbocycles. The number of rotatable bonds is 6. The third kappa shape index (κ3) is 6.64. The van der Waals surface area contributed by atoms with Crippen molar-refractivity contribution >= 4 is 11.9 Å². The monoisotopic (exact) mass is 470 g/mol. The van der Waals surface area contributed by atoms with Gasteiger partial charge in [0.05, 0.1) is 12.7 Å². The van der Waals surface area contributed by atoms with Crippen LogP contribution >= 0.6 is 0 Å². The Balaban J connectivity index is 0.00000400. The molecule has 1 fully saturated rings. The van der Waals surface area contributed by atoms with Crippen LogP contribution in [0.5, 0.6) is 0 Å². The summed E-state index contributed by atoms with van der Waals surface area (Å²) in [7, 11) is 0. The molecule has 6 heteroatoms. The minimum absolute atomic E-state index is 0. The van der Waals surface area contributed by atoms with Crippen molar-refractivity contribution in [1.29, 1.82) is 0 Å². The Morgan fingerprint density at radius 3 is 2.67 bits per heavy atom. The topological polar surface area (TPSA) is 72.8 Å². The van der Waals surface area contributed by atoms with E-state index in [1.54, 1.807) is 6.92 Å². The zero-order valence-electron chi connectivity index (χ0n) is 12.5. The van der Waals surface area contributed by atoms with Gasteiger partial charge in [0.2, 0.25) is 0 Å². The molecule has 121 valence electrons. The summed E-state index contributed by atoms with van der Waals surface area (Å²) in [4.78, 5) is 22.8. The van der Waals surface area contributed by atoms with Crippen molar-refractivity contribution < 1.29 is 44.6 Å². The van der Waals surface area contributed by atoms with Gasteiger partial charge in [0.25, 0.3) is 0 Å². The number of carbonyl (C=O) groups excluding carboxylic acids is 2. The molecule has 0 aliphatic heterocycles. The van der Waals surface area contributed by atoms with E-state index in [2.05, 4.69) is 6.58 Å². The first-order valence-electron chi connectivity index (χ1n) is 6.98. The molecule has 1 aliphatic rings. The second kappa shape index (κ2) is 9.99. The SMILES string of the molecule is C=CC(=O)OCC1CCC(O)C(OC(=O)[C-](C)CC)C1.[Re]. The van der Waals surface area contributed by atoms with E-state index in [4.69, 9.17) is 9.47 Å². The first-order chi connectivity index (χ1) is 9.47. The predicted molar refractivity (Wildman–Crippen MR) is 73.6 cm³/mol. The summed E-state index contributed by atoms with van der Waals surface area (Å²) in [6.45, 7) is 7.20. The molecule has 1 rings (SSSR count). The van der Waals surface area contributed by atoms with Crippen LogP contribution in [0.4, 0.5) is 0 Å². The molecule has 3 atom stereocenters. The van der Waals surface area contributed by atoms with E-state index >= 15 is 0 Å². The Morgan fingerprint density at radius 1 is 1.43 bits per heavy atom. The van der Waals surface area contributed by atoms with Gasteiger partial charge in [-0.05, 0) is 25.2 Å². The number of aliphatic hydroxyl groups is 1. The molecule has 1 aliphatic carbocycles. The van der Waals surface area contributed by atoms with Gasteiger partial charge < -0.3 is 14.6 Å². The van der Waals surface area contributed by atoms with E-state index in [0.29, 0.717) is 25.2 Å². The molecule has 5 nitrogen and oxygen atoms in total. The Bertz CT molecular complexity index is 358. The summed E-state index contributed by atoms with van der Waals surface area (Å²) in [6.07, 6.45) is 2.38. The van der Waals surface area contributed by atoms with Gasteiger partial charge in [-0.25, -0.2) is 4.79 Å². The van der Waals surface area contributed by atoms with E-state index in [1.165, 1.54) is 0 Å². The fourth-order valence-electron chi connectivity index (χ4n) is 2.12. The van der Waals surface area contributed by atoms with Crippen LogP contribution in [0.3, 0.4) is 0 Å². The number of hydrogen-bond donors (Lipinski definition) is 1. The van der Waals surface area contributed by atoms with Crippen LogP contribution in [0.1, 0.15) is 39.5 Å². The zero-order valence-corrected chi connectivity index (χ0v) is 15.2. The average molecular weight is 470 g/mol. The third-order valence-electron chi connectivity index (χ3n) is 3.63. The Kier molecular flexibility index (Phi) is 9.60. The van der Waals surface area contributed by atoms with Crippen molar-refractivity contribution in [1.82, 2.24) is 0 Å². The summed E-state index contributed by atoms with van der Waals surface area (Å²) in [5.41, 5.74) is 0. The summed E-state index contributed by atoms with van der Waals surface area (Å²) in [5, 5.41) is 9.90. The van der Waals surface area contributed by atoms with Crippen molar-refractivity contribution in [3.8, 4) is 0 Å². The van der Waals surface area contributed by atoms with Gasteiger partial charge in [0.15, 0.2) is 5.97 Å². The molecule has 0 aromatic rings. The van der Waals surface area contributed by atoms with E-state index in [-0.39, 0.29) is 38.9 Å². The summed E-state index contributed by atoms with van der Waals surface area (Å²) < 4.78 is 10.3. The van der Waals surface area contributed by atoms with Crippen LogP contribution in [0, 0.1) is 11.8 Å². The normalized spacial score (nSPS) is 24.4. The van der Waals surface area contributed by atoms with Crippen molar-refractivity contribution in [2.45, 2.75) is 51.7 Å². The molecule has 0 amide bonds. The van der Waals surface area contributed by atoms with Gasteiger partial charge in [0, 0.05) is 26.5 Å². The molecular formula is C15H23O5Re-. The number of carbonyl (C=O) groups is 2. The van der Waals surface area contributed by atoms with Gasteiger partial charge in [0.1, 0.15) is 6.10 Å². The van der Waals surface area contributed by atoms with E-state index in [0.717, 1.165) is 12.5 Å². The van der Waals surface area contributed by atoms with Gasteiger partial charge in [-0.3, -0.25) is 10.7 Å². The largest absolute Gasteiger partial charge is 0.482 e. The summed E-state index contributed by atoms with van der Waals surface area (Å²) in [6, 6.07) is 0. The van der Waals surface area contributed by atoms with E-state index in [9.17, 15) is 14.7 Å². The number of ether oxygens (including phenoxy) is 2. The molecule has 1 N–H and O–H groups in total. The molecule has 1 radical (unpaired) electrons. The molecule has 3 unspecified atom stereocenters. The zero-order chi connectivity index (χ0) is 15.1. The van der Waals surface area contributed by atoms with Crippen LogP contribution < -0.4 is 0 Å². The molecule has 0 bridgehead atoms. The van der Waals surface area contributed by atoms with E-state index < -0.39 is 18.2 Å². The van der Waals surface area contributed by atoms with Gasteiger partial charge in [-0.2, -0.15) is 13.3 Å². The predicted octanol–water partition coefficient (Wildman–Crippen LogP) is 1.79. The fraction of sp³-hybridized carbons (Fsp3) is 0.667. The van der Waals surface area contributed by atoms with Gasteiger partial charge in [-0.1, -0.05) is 13.5 Å². The fourth-order valence-corrected chi connectivity index (χ4v) is 2.12. The first-order valence-corrected chi connectivity index (χ1v) is 6.98. The van der Waals surface area contributed by atoms with Gasteiger partial charge in [-0.15, -0.1) is 0 Å². The van der Waals surface area contributed by atoms with Crippen molar-refractivity contribution in [3.05, 3.63) is 18.6 Å². The number of esters is 2. The molecule has 21 heavy (non-hydrogen) atoms. The maximum absolute atomic E-state index is 11.7. The third-order valence-corrected chi connectivity index (χ3v) is 3.63. The minimum atomic E-state index is -0.644. The molecule has 0 saturated heterocycles. The van der Waals surface area contributed by atoms with Crippen LogP contribution in [0.2, 0.25) is 0 Å². The standard InChI is InChI=1S/C15H23O5.Re/c1-4-10(3)15(18)20-13-8-11(6-7-12(13)16)9-19-14(17)5-2;/h5,11-13,16H,2,4,6-9H2,1,3H3;/q-1;. The summed E-state index contributed by atoms with van der Waals surface area (Å²) >= 11 is 0. The second-order valence-electron chi connectivity index (χ2n) is 5.16. The van der Waals surface area contributed by atoms with Crippen LogP contribution in [0.15, 0.2) is 12.7 Å². The minimum Gasteiger partial charge on any atom is -0.482 e. The van der Waals surface area contributed by atoms with Crippen LogP contribution in [-0.2, 0) is 39.5 Å². The van der Waals surface area contributed by atoms with Crippen molar-refractivity contribution in [2.75, 3.05) is 6.61 Å². The Morgan fingerprint density at radius 2 is 2.10 bits per heavy atom. The van der Waals surface area contributed by atoms with Crippen molar-refractivity contribution in [2.24, 2.45) is 5.92 Å². The first kappa shape index (κ1) is 20.2. The molecule has 0 aromatic heterocycles. The average Bonchev–Trinajstić information content (AvgIpc) is 2.46.